The van der Waals surface area contributed by atoms with Gasteiger partial charge in [0.1, 0.15) is 0 Å². The maximum atomic E-state index is 11.5. The monoisotopic (exact) mass is 252 g/mol. The molecule has 0 atom stereocenters. The van der Waals surface area contributed by atoms with Crippen LogP contribution in [0, 0.1) is 0 Å². The molecule has 0 bridgehead atoms. The summed E-state index contributed by atoms with van der Waals surface area (Å²) in [7, 11) is 1.44. The summed E-state index contributed by atoms with van der Waals surface area (Å²) in [5, 5.41) is 8.61. The summed E-state index contributed by atoms with van der Waals surface area (Å²) in [4.78, 5) is 22.4. The summed E-state index contributed by atoms with van der Waals surface area (Å²) in [5.74, 6) is 0.0372. The molecule has 0 aliphatic heterocycles. The van der Waals surface area contributed by atoms with Crippen molar-refractivity contribution < 1.29 is 24.2 Å². The molecule has 0 spiro atoms. The molecule has 0 fully saturated rings. The van der Waals surface area contributed by atoms with Crippen molar-refractivity contribution in [1.29, 1.82) is 0 Å². The van der Waals surface area contributed by atoms with E-state index in [-0.39, 0.29) is 24.3 Å². The molecule has 0 saturated carbocycles. The van der Waals surface area contributed by atoms with Crippen LogP contribution in [-0.2, 0) is 4.79 Å². The van der Waals surface area contributed by atoms with Gasteiger partial charge in [-0.25, -0.2) is 0 Å². The van der Waals surface area contributed by atoms with Crippen LogP contribution in [0.5, 0.6) is 11.5 Å². The molecule has 1 aromatic carbocycles. The van der Waals surface area contributed by atoms with Crippen LogP contribution in [0.4, 0.5) is 0 Å². The third-order valence-corrected chi connectivity index (χ3v) is 2.36. The fourth-order valence-corrected chi connectivity index (χ4v) is 1.44. The van der Waals surface area contributed by atoms with Crippen LogP contribution in [0.1, 0.15) is 29.6 Å². The van der Waals surface area contributed by atoms with Crippen molar-refractivity contribution >= 4 is 12.3 Å². The standard InChI is InChI=1S/C13H16O5/c1-17-11-6-4-5-10(9-15)13(11)18-12(16)7-2-3-8-14/h4-6,9,14H,2-3,7-8H2,1H3. The van der Waals surface area contributed by atoms with Gasteiger partial charge in [0.2, 0.25) is 0 Å². The van der Waals surface area contributed by atoms with Gasteiger partial charge in [-0.05, 0) is 25.0 Å². The van der Waals surface area contributed by atoms with Gasteiger partial charge in [0.25, 0.3) is 0 Å². The highest BCUT2D eigenvalue weighted by Crippen LogP contribution is 2.30. The van der Waals surface area contributed by atoms with Crippen molar-refractivity contribution in [1.82, 2.24) is 0 Å². The summed E-state index contributed by atoms with van der Waals surface area (Å²) in [6.45, 7) is 0.0432. The quantitative estimate of drug-likeness (QED) is 0.345. The number of hydrogen-bond donors (Lipinski definition) is 1. The number of aliphatic hydroxyl groups excluding tert-OH is 1. The number of rotatable bonds is 7. The van der Waals surface area contributed by atoms with E-state index in [9.17, 15) is 9.59 Å². The molecule has 0 aliphatic rings. The molecule has 18 heavy (non-hydrogen) atoms. The molecule has 1 aromatic rings. The lowest BCUT2D eigenvalue weighted by molar-refractivity contribution is -0.134. The van der Waals surface area contributed by atoms with Gasteiger partial charge in [-0.2, -0.15) is 0 Å². The fourth-order valence-electron chi connectivity index (χ4n) is 1.44. The van der Waals surface area contributed by atoms with E-state index >= 15 is 0 Å². The molecule has 0 unspecified atom stereocenters. The zero-order chi connectivity index (χ0) is 13.4. The Balaban J connectivity index is 2.75. The Hall–Kier alpha value is -1.88. The van der Waals surface area contributed by atoms with Crippen molar-refractivity contribution in [3.8, 4) is 11.5 Å². The van der Waals surface area contributed by atoms with Crippen molar-refractivity contribution in [3.05, 3.63) is 23.8 Å². The number of methoxy groups -OCH3 is 1. The van der Waals surface area contributed by atoms with Gasteiger partial charge in [-0.3, -0.25) is 9.59 Å². The SMILES string of the molecule is COc1cccc(C=O)c1OC(=O)CCCCO. The number of unbranched alkanes of at least 4 members (excludes halogenated alkanes) is 1. The maximum absolute atomic E-state index is 11.5. The van der Waals surface area contributed by atoms with Gasteiger partial charge in [0.05, 0.1) is 12.7 Å². The Bertz CT molecular complexity index is 414. The van der Waals surface area contributed by atoms with E-state index in [0.29, 0.717) is 24.9 Å². The third kappa shape index (κ3) is 3.85. The van der Waals surface area contributed by atoms with Crippen LogP contribution in [0.2, 0.25) is 0 Å². The summed E-state index contributed by atoms with van der Waals surface area (Å²) >= 11 is 0. The molecule has 1 N–H and O–H groups in total. The van der Waals surface area contributed by atoms with Gasteiger partial charge in [-0.15, -0.1) is 0 Å². The summed E-state index contributed by atoms with van der Waals surface area (Å²) in [5.41, 5.74) is 0.268. The molecule has 0 aliphatic carbocycles. The number of carbonyl (C=O) groups is 2. The van der Waals surface area contributed by atoms with Gasteiger partial charge in [-0.1, -0.05) is 6.07 Å². The second-order valence-electron chi connectivity index (χ2n) is 3.65. The van der Waals surface area contributed by atoms with E-state index in [1.165, 1.54) is 7.11 Å². The average molecular weight is 252 g/mol. The van der Waals surface area contributed by atoms with Gasteiger partial charge in [0, 0.05) is 13.0 Å². The molecule has 0 heterocycles. The number of benzene rings is 1. The van der Waals surface area contributed by atoms with E-state index in [4.69, 9.17) is 14.6 Å². The predicted molar refractivity (Wildman–Crippen MR) is 65.0 cm³/mol. The summed E-state index contributed by atoms with van der Waals surface area (Å²) < 4.78 is 10.2. The smallest absolute Gasteiger partial charge is 0.311 e. The number of hydrogen-bond acceptors (Lipinski definition) is 5. The normalized spacial score (nSPS) is 9.89. The van der Waals surface area contributed by atoms with E-state index in [0.717, 1.165) is 0 Å². The second kappa shape index (κ2) is 7.45. The van der Waals surface area contributed by atoms with Crippen LogP contribution in [0.25, 0.3) is 0 Å². The zero-order valence-electron chi connectivity index (χ0n) is 10.2. The van der Waals surface area contributed by atoms with E-state index in [1.54, 1.807) is 18.2 Å². The van der Waals surface area contributed by atoms with Crippen molar-refractivity contribution in [2.24, 2.45) is 0 Å². The van der Waals surface area contributed by atoms with Crippen LogP contribution in [0.3, 0.4) is 0 Å². The van der Waals surface area contributed by atoms with Crippen LogP contribution in [-0.4, -0.2) is 31.1 Å². The number of esters is 1. The number of ether oxygens (including phenoxy) is 2. The molecule has 98 valence electrons. The number of para-hydroxylation sites is 1. The lowest BCUT2D eigenvalue weighted by Crippen LogP contribution is -2.10. The molecular formula is C13H16O5. The highest BCUT2D eigenvalue weighted by atomic mass is 16.6. The fraction of sp³-hybridized carbons (Fsp3) is 0.385. The summed E-state index contributed by atoms with van der Waals surface area (Å²) in [6.07, 6.45) is 1.89. The number of aldehydes is 1. The van der Waals surface area contributed by atoms with Crippen molar-refractivity contribution in [2.75, 3.05) is 13.7 Å². The largest absolute Gasteiger partial charge is 0.493 e. The first kappa shape index (κ1) is 14.2. The van der Waals surface area contributed by atoms with E-state index < -0.39 is 5.97 Å². The second-order valence-corrected chi connectivity index (χ2v) is 3.65. The van der Waals surface area contributed by atoms with E-state index in [1.807, 2.05) is 0 Å². The van der Waals surface area contributed by atoms with Gasteiger partial charge < -0.3 is 14.6 Å². The van der Waals surface area contributed by atoms with Crippen LogP contribution >= 0.6 is 0 Å². The van der Waals surface area contributed by atoms with Crippen molar-refractivity contribution in [3.63, 3.8) is 0 Å². The first-order chi connectivity index (χ1) is 8.72. The molecule has 0 aromatic heterocycles. The Morgan fingerprint density at radius 3 is 2.78 bits per heavy atom. The lowest BCUT2D eigenvalue weighted by atomic mass is 10.2. The van der Waals surface area contributed by atoms with Crippen molar-refractivity contribution in [2.45, 2.75) is 19.3 Å². The maximum Gasteiger partial charge on any atom is 0.311 e. The van der Waals surface area contributed by atoms with Gasteiger partial charge >= 0.3 is 5.97 Å². The Morgan fingerprint density at radius 1 is 1.39 bits per heavy atom. The Labute approximate surface area is 105 Å². The first-order valence-electron chi connectivity index (χ1n) is 5.66. The molecular weight excluding hydrogens is 236 g/mol. The molecule has 0 saturated heterocycles. The first-order valence-corrected chi connectivity index (χ1v) is 5.66. The minimum Gasteiger partial charge on any atom is -0.493 e. The minimum absolute atomic E-state index is 0.0432. The van der Waals surface area contributed by atoms with Gasteiger partial charge in [0.15, 0.2) is 17.8 Å². The summed E-state index contributed by atoms with van der Waals surface area (Å²) in [6, 6.07) is 4.81. The molecule has 5 nitrogen and oxygen atoms in total. The number of aliphatic hydroxyl groups is 1. The topological polar surface area (TPSA) is 72.8 Å². The highest BCUT2D eigenvalue weighted by molar-refractivity contribution is 5.84. The van der Waals surface area contributed by atoms with Crippen LogP contribution < -0.4 is 9.47 Å². The Morgan fingerprint density at radius 2 is 2.17 bits per heavy atom. The molecule has 0 amide bonds. The third-order valence-electron chi connectivity index (χ3n) is 2.36. The average Bonchev–Trinajstić information content (AvgIpc) is 2.39. The lowest BCUT2D eigenvalue weighted by Gasteiger charge is -2.10. The van der Waals surface area contributed by atoms with E-state index in [2.05, 4.69) is 0 Å². The minimum atomic E-state index is -0.448. The zero-order valence-corrected chi connectivity index (χ0v) is 10.2. The molecule has 1 rings (SSSR count). The Kier molecular flexibility index (Phi) is 5.87. The van der Waals surface area contributed by atoms with Crippen LogP contribution in [0.15, 0.2) is 18.2 Å². The highest BCUT2D eigenvalue weighted by Gasteiger charge is 2.14. The molecule has 0 radical (unpaired) electrons. The number of carbonyl (C=O) groups excluding carboxylic acids is 2. The predicted octanol–water partition coefficient (Wildman–Crippen LogP) is 1.58. The molecule has 5 heteroatoms.